The quantitative estimate of drug-likeness (QED) is 0.121. The van der Waals surface area contributed by atoms with Crippen LogP contribution in [0.15, 0.2) is 84.6 Å². The zero-order valence-corrected chi connectivity index (χ0v) is 20.1. The number of rotatable bonds is 6. The maximum Gasteiger partial charge on any atom is 0.337 e. The number of anilines is 1. The minimum absolute atomic E-state index is 0.0143. The average molecular weight is 496 g/mol. The third-order valence-corrected chi connectivity index (χ3v) is 6.67. The van der Waals surface area contributed by atoms with Crippen molar-refractivity contribution in [3.8, 4) is 0 Å². The van der Waals surface area contributed by atoms with E-state index in [0.29, 0.717) is 28.8 Å². The van der Waals surface area contributed by atoms with Gasteiger partial charge in [0.1, 0.15) is 5.76 Å². The van der Waals surface area contributed by atoms with E-state index < -0.39 is 23.7 Å². The van der Waals surface area contributed by atoms with Gasteiger partial charge < -0.3 is 25.5 Å². The Hall–Kier alpha value is -4.85. The van der Waals surface area contributed by atoms with Gasteiger partial charge in [-0.2, -0.15) is 0 Å². The molecule has 1 amide bonds. The monoisotopic (exact) mass is 495 g/mol. The van der Waals surface area contributed by atoms with Gasteiger partial charge in [0, 0.05) is 34.9 Å². The molecule has 8 heteroatoms. The van der Waals surface area contributed by atoms with Crippen molar-refractivity contribution in [2.45, 2.75) is 12.5 Å². The number of nitrogen functional groups attached to an aromatic ring is 1. The number of fused-ring (bicyclic) bond motifs is 1. The number of nitrogens with two attached hydrogens (primary N) is 1. The number of likely N-dealkylation sites (tertiary alicyclic amines) is 1. The number of aromatic nitrogens is 1. The summed E-state index contributed by atoms with van der Waals surface area (Å²) in [6, 6.07) is 19.9. The molecule has 1 saturated heterocycles. The Bertz CT molecular complexity index is 1530. The number of H-pyrrole nitrogens is 1. The van der Waals surface area contributed by atoms with Gasteiger partial charge in [-0.15, -0.1) is 0 Å². The van der Waals surface area contributed by atoms with Crippen LogP contribution in [0.5, 0.6) is 0 Å². The molecule has 186 valence electrons. The molecule has 0 saturated carbocycles. The molecule has 1 aliphatic rings. The third-order valence-electron chi connectivity index (χ3n) is 6.67. The van der Waals surface area contributed by atoms with E-state index in [0.717, 1.165) is 16.5 Å². The topological polar surface area (TPSA) is 126 Å². The highest BCUT2D eigenvalue weighted by Gasteiger charge is 2.45. The number of Topliss-reactive ketones (excluding diaryl/α,β-unsaturated/α-hetero) is 1. The second-order valence-corrected chi connectivity index (χ2v) is 8.84. The first-order valence-corrected chi connectivity index (χ1v) is 11.8. The van der Waals surface area contributed by atoms with Crippen LogP contribution in [-0.4, -0.2) is 46.3 Å². The molecular weight excluding hydrogens is 470 g/mol. The Labute approximate surface area is 213 Å². The highest BCUT2D eigenvalue weighted by Crippen LogP contribution is 2.39. The number of ketones is 1. The summed E-state index contributed by atoms with van der Waals surface area (Å²) in [7, 11) is 1.29. The van der Waals surface area contributed by atoms with E-state index in [2.05, 4.69) is 4.98 Å². The summed E-state index contributed by atoms with van der Waals surface area (Å²) in [5.74, 6) is -2.24. The zero-order valence-electron chi connectivity index (χ0n) is 20.1. The first-order valence-electron chi connectivity index (χ1n) is 11.8. The zero-order chi connectivity index (χ0) is 26.1. The number of para-hydroxylation sites is 1. The molecule has 1 unspecified atom stereocenters. The lowest BCUT2D eigenvalue weighted by Crippen LogP contribution is -2.31. The molecule has 0 radical (unpaired) electrons. The minimum Gasteiger partial charge on any atom is -0.507 e. The summed E-state index contributed by atoms with van der Waals surface area (Å²) in [5.41, 5.74) is 9.56. The number of amides is 1. The number of carbonyl (C=O) groups excluding carboxylic acids is 3. The smallest absolute Gasteiger partial charge is 0.337 e. The number of hydrogen-bond donors (Lipinski definition) is 3. The lowest BCUT2D eigenvalue weighted by Gasteiger charge is -2.25. The van der Waals surface area contributed by atoms with Crippen LogP contribution in [0, 0.1) is 0 Å². The molecular formula is C29H25N3O5. The van der Waals surface area contributed by atoms with E-state index in [1.54, 1.807) is 48.5 Å². The van der Waals surface area contributed by atoms with Crippen molar-refractivity contribution in [3.05, 3.63) is 107 Å². The van der Waals surface area contributed by atoms with Crippen LogP contribution < -0.4 is 5.73 Å². The Kier molecular flexibility index (Phi) is 6.23. The molecule has 0 aliphatic carbocycles. The summed E-state index contributed by atoms with van der Waals surface area (Å²) in [6.07, 6.45) is 2.39. The van der Waals surface area contributed by atoms with E-state index in [9.17, 15) is 19.5 Å². The SMILES string of the molecule is COC(=O)c1ccc(C2/C(=C(/O)c3ccc(N)cc3)C(=O)C(=O)N2CCc2c[nH]c3ccccc23)cc1. The summed E-state index contributed by atoms with van der Waals surface area (Å²) < 4.78 is 4.78. The van der Waals surface area contributed by atoms with Crippen LogP contribution in [0.4, 0.5) is 5.69 Å². The Balaban J connectivity index is 1.56. The van der Waals surface area contributed by atoms with Crippen LogP contribution >= 0.6 is 0 Å². The van der Waals surface area contributed by atoms with Crippen LogP contribution in [0.2, 0.25) is 0 Å². The average Bonchev–Trinajstić information content (AvgIpc) is 3.45. The molecule has 0 bridgehead atoms. The number of esters is 1. The summed E-state index contributed by atoms with van der Waals surface area (Å²) in [5, 5.41) is 12.2. The number of aliphatic hydroxyl groups excluding tert-OH is 1. The largest absolute Gasteiger partial charge is 0.507 e. The van der Waals surface area contributed by atoms with Gasteiger partial charge in [0.25, 0.3) is 11.7 Å². The number of hydrogen-bond acceptors (Lipinski definition) is 6. The van der Waals surface area contributed by atoms with Crippen molar-refractivity contribution in [1.29, 1.82) is 0 Å². The number of nitrogens with zero attached hydrogens (tertiary/aromatic N) is 1. The van der Waals surface area contributed by atoms with Crippen molar-refractivity contribution in [1.82, 2.24) is 9.88 Å². The van der Waals surface area contributed by atoms with Crippen molar-refractivity contribution in [3.63, 3.8) is 0 Å². The molecule has 4 N–H and O–H groups in total. The molecule has 5 rings (SSSR count). The van der Waals surface area contributed by atoms with E-state index in [1.807, 2.05) is 30.5 Å². The fourth-order valence-electron chi connectivity index (χ4n) is 4.75. The van der Waals surface area contributed by atoms with Crippen molar-refractivity contribution in [2.24, 2.45) is 0 Å². The summed E-state index contributed by atoms with van der Waals surface area (Å²) in [4.78, 5) is 43.2. The van der Waals surface area contributed by atoms with E-state index in [1.165, 1.54) is 12.0 Å². The molecule has 8 nitrogen and oxygen atoms in total. The van der Waals surface area contributed by atoms with Gasteiger partial charge in [-0.05, 0) is 60.0 Å². The van der Waals surface area contributed by atoms with Gasteiger partial charge in [-0.1, -0.05) is 30.3 Å². The Morgan fingerprint density at radius 1 is 1.00 bits per heavy atom. The molecule has 1 aromatic heterocycles. The van der Waals surface area contributed by atoms with Gasteiger partial charge in [0.05, 0.1) is 24.3 Å². The lowest BCUT2D eigenvalue weighted by molar-refractivity contribution is -0.139. The number of aliphatic hydroxyl groups is 1. The number of nitrogens with one attached hydrogen (secondary N) is 1. The molecule has 0 spiro atoms. The van der Waals surface area contributed by atoms with Gasteiger partial charge >= 0.3 is 5.97 Å². The van der Waals surface area contributed by atoms with Crippen LogP contribution in [0.25, 0.3) is 16.7 Å². The van der Waals surface area contributed by atoms with Crippen LogP contribution in [-0.2, 0) is 20.7 Å². The summed E-state index contributed by atoms with van der Waals surface area (Å²) in [6.45, 7) is 0.244. The van der Waals surface area contributed by atoms with Gasteiger partial charge in [0.2, 0.25) is 0 Å². The van der Waals surface area contributed by atoms with Gasteiger partial charge in [-0.3, -0.25) is 9.59 Å². The molecule has 1 fully saturated rings. The first-order chi connectivity index (χ1) is 17.9. The highest BCUT2D eigenvalue weighted by atomic mass is 16.5. The summed E-state index contributed by atoms with van der Waals surface area (Å²) >= 11 is 0. The van der Waals surface area contributed by atoms with E-state index in [-0.39, 0.29) is 17.9 Å². The van der Waals surface area contributed by atoms with Crippen LogP contribution in [0.3, 0.4) is 0 Å². The first kappa shape index (κ1) is 23.9. The molecule has 3 aromatic carbocycles. The standard InChI is InChI=1S/C29H25N3O5/c1-37-29(36)19-8-6-17(7-9-19)25-24(26(33)18-10-12-21(30)13-11-18)27(34)28(35)32(25)15-14-20-16-31-23-5-3-2-4-22(20)23/h2-13,16,25,31,33H,14-15,30H2,1H3/b26-24-. The number of aromatic amines is 1. The maximum absolute atomic E-state index is 13.3. The van der Waals surface area contributed by atoms with E-state index in [4.69, 9.17) is 10.5 Å². The van der Waals surface area contributed by atoms with Gasteiger partial charge in [0.15, 0.2) is 0 Å². The number of carbonyl (C=O) groups is 3. The second-order valence-electron chi connectivity index (χ2n) is 8.84. The maximum atomic E-state index is 13.3. The van der Waals surface area contributed by atoms with Crippen LogP contribution in [0.1, 0.15) is 33.1 Å². The number of benzene rings is 3. The Morgan fingerprint density at radius 2 is 1.68 bits per heavy atom. The lowest BCUT2D eigenvalue weighted by atomic mass is 9.94. The van der Waals surface area contributed by atoms with E-state index >= 15 is 0 Å². The Morgan fingerprint density at radius 3 is 2.38 bits per heavy atom. The second kappa shape index (κ2) is 9.66. The predicted molar refractivity (Wildman–Crippen MR) is 140 cm³/mol. The van der Waals surface area contributed by atoms with Gasteiger partial charge in [-0.25, -0.2) is 4.79 Å². The molecule has 4 aromatic rings. The molecule has 1 atom stereocenters. The number of methoxy groups -OCH3 is 1. The fraction of sp³-hybridized carbons (Fsp3) is 0.138. The fourth-order valence-corrected chi connectivity index (χ4v) is 4.75. The van der Waals surface area contributed by atoms with Crippen molar-refractivity contribution < 1.29 is 24.2 Å². The highest BCUT2D eigenvalue weighted by molar-refractivity contribution is 6.46. The number of ether oxygens (including phenoxy) is 1. The third kappa shape index (κ3) is 4.33. The van der Waals surface area contributed by atoms with Crippen molar-refractivity contribution in [2.75, 3.05) is 19.4 Å². The molecule has 37 heavy (non-hydrogen) atoms. The van der Waals surface area contributed by atoms with Crippen molar-refractivity contribution >= 4 is 40.0 Å². The predicted octanol–water partition coefficient (Wildman–Crippen LogP) is 4.20. The molecule has 2 heterocycles. The normalized spacial score (nSPS) is 16.9. The molecule has 1 aliphatic heterocycles. The minimum atomic E-state index is -0.838.